The zero-order valence-electron chi connectivity index (χ0n) is 14.8. The van der Waals surface area contributed by atoms with Gasteiger partial charge in [0, 0.05) is 17.7 Å². The molecule has 0 unspecified atom stereocenters. The van der Waals surface area contributed by atoms with Crippen molar-refractivity contribution in [3.05, 3.63) is 65.2 Å². The third-order valence-electron chi connectivity index (χ3n) is 4.19. The van der Waals surface area contributed by atoms with Crippen LogP contribution in [0.2, 0.25) is 0 Å². The lowest BCUT2D eigenvalue weighted by Gasteiger charge is -2.08. The summed E-state index contributed by atoms with van der Waals surface area (Å²) in [6.07, 6.45) is 5.32. The molecule has 0 spiro atoms. The molecule has 1 N–H and O–H groups in total. The summed E-state index contributed by atoms with van der Waals surface area (Å²) >= 11 is 0. The van der Waals surface area contributed by atoms with Crippen LogP contribution in [0.1, 0.15) is 39.1 Å². The van der Waals surface area contributed by atoms with Crippen LogP contribution in [0.4, 0.5) is 0 Å². The second-order valence-electron chi connectivity index (χ2n) is 6.13. The molecule has 0 aliphatic heterocycles. The molecule has 5 nitrogen and oxygen atoms in total. The third-order valence-corrected chi connectivity index (χ3v) is 4.19. The van der Waals surface area contributed by atoms with E-state index < -0.39 is 0 Å². The first-order valence-electron chi connectivity index (χ1n) is 8.46. The van der Waals surface area contributed by atoms with E-state index in [9.17, 15) is 9.59 Å². The average Bonchev–Trinajstić information content (AvgIpc) is 3.49. The molecule has 0 radical (unpaired) electrons. The molecular formula is C21H21NO4. The third kappa shape index (κ3) is 4.30. The van der Waals surface area contributed by atoms with Gasteiger partial charge in [-0.1, -0.05) is 18.2 Å². The van der Waals surface area contributed by atoms with Crippen LogP contribution in [0.15, 0.2) is 48.5 Å². The molecule has 1 fully saturated rings. The molecule has 134 valence electrons. The molecule has 1 saturated carbocycles. The van der Waals surface area contributed by atoms with E-state index in [0.717, 1.165) is 18.4 Å². The van der Waals surface area contributed by atoms with E-state index in [-0.39, 0.29) is 11.7 Å². The minimum atomic E-state index is -0.167. The van der Waals surface area contributed by atoms with Gasteiger partial charge in [-0.05, 0) is 48.7 Å². The van der Waals surface area contributed by atoms with Gasteiger partial charge in [0.1, 0.15) is 11.5 Å². The molecule has 0 bridgehead atoms. The summed E-state index contributed by atoms with van der Waals surface area (Å²) in [6.45, 7) is 0. The highest BCUT2D eigenvalue weighted by molar-refractivity contribution is 6.08. The van der Waals surface area contributed by atoms with Gasteiger partial charge in [0.15, 0.2) is 5.78 Å². The minimum Gasteiger partial charge on any atom is -0.497 e. The standard InChI is InChI=1S/C21H21NO4/c1-25-17-10-11-18(20(13-17)26-2)19(23)12-5-14-3-6-15(7-4-14)21(24)22-16-8-9-16/h3-7,10-13,16H,8-9H2,1-2H3,(H,22,24). The Labute approximate surface area is 152 Å². The number of carbonyl (C=O) groups excluding carboxylic acids is 2. The topological polar surface area (TPSA) is 64.6 Å². The summed E-state index contributed by atoms with van der Waals surface area (Å²) in [5, 5.41) is 2.95. The van der Waals surface area contributed by atoms with Gasteiger partial charge in [0.05, 0.1) is 19.8 Å². The number of carbonyl (C=O) groups is 2. The number of ketones is 1. The quantitative estimate of drug-likeness (QED) is 0.613. The normalized spacial score (nSPS) is 13.5. The summed E-state index contributed by atoms with van der Waals surface area (Å²) in [4.78, 5) is 24.4. The van der Waals surface area contributed by atoms with Crippen molar-refractivity contribution in [3.63, 3.8) is 0 Å². The fraction of sp³-hybridized carbons (Fsp3) is 0.238. The van der Waals surface area contributed by atoms with Crippen LogP contribution < -0.4 is 14.8 Å². The maximum Gasteiger partial charge on any atom is 0.251 e. The van der Waals surface area contributed by atoms with Crippen LogP contribution in [0.5, 0.6) is 11.5 Å². The van der Waals surface area contributed by atoms with E-state index >= 15 is 0 Å². The zero-order valence-corrected chi connectivity index (χ0v) is 14.8. The van der Waals surface area contributed by atoms with Gasteiger partial charge in [-0.3, -0.25) is 9.59 Å². The van der Waals surface area contributed by atoms with Crippen molar-refractivity contribution in [2.45, 2.75) is 18.9 Å². The van der Waals surface area contributed by atoms with Crippen LogP contribution in [0.3, 0.4) is 0 Å². The maximum absolute atomic E-state index is 12.4. The van der Waals surface area contributed by atoms with E-state index in [2.05, 4.69) is 5.32 Å². The molecule has 2 aromatic carbocycles. The Hall–Kier alpha value is -3.08. The fourth-order valence-corrected chi connectivity index (χ4v) is 2.51. The number of benzene rings is 2. The van der Waals surface area contributed by atoms with Crippen molar-refractivity contribution >= 4 is 17.8 Å². The predicted octanol–water partition coefficient (Wildman–Crippen LogP) is 3.49. The number of methoxy groups -OCH3 is 2. The van der Waals surface area contributed by atoms with Gasteiger partial charge < -0.3 is 14.8 Å². The van der Waals surface area contributed by atoms with Gasteiger partial charge in [-0.2, -0.15) is 0 Å². The van der Waals surface area contributed by atoms with Crippen molar-refractivity contribution in [2.75, 3.05) is 14.2 Å². The molecule has 1 aliphatic rings. The summed E-state index contributed by atoms with van der Waals surface area (Å²) in [7, 11) is 3.07. The fourth-order valence-electron chi connectivity index (χ4n) is 2.51. The SMILES string of the molecule is COc1ccc(C(=O)C=Cc2ccc(C(=O)NC3CC3)cc2)c(OC)c1. The van der Waals surface area contributed by atoms with Crippen LogP contribution in [-0.4, -0.2) is 32.0 Å². The first-order valence-corrected chi connectivity index (χ1v) is 8.46. The zero-order chi connectivity index (χ0) is 18.5. The average molecular weight is 351 g/mol. The Morgan fingerprint density at radius 1 is 1.04 bits per heavy atom. The van der Waals surface area contributed by atoms with Crippen LogP contribution in [0, 0.1) is 0 Å². The summed E-state index contributed by atoms with van der Waals surface area (Å²) in [5.74, 6) is 0.871. The second kappa shape index (κ2) is 7.87. The lowest BCUT2D eigenvalue weighted by atomic mass is 10.1. The van der Waals surface area contributed by atoms with Crippen LogP contribution in [0.25, 0.3) is 6.08 Å². The van der Waals surface area contributed by atoms with E-state index in [1.54, 1.807) is 43.5 Å². The smallest absolute Gasteiger partial charge is 0.251 e. The number of ether oxygens (including phenoxy) is 2. The molecule has 1 amide bonds. The highest BCUT2D eigenvalue weighted by atomic mass is 16.5. The van der Waals surface area contributed by atoms with Gasteiger partial charge in [0.25, 0.3) is 5.91 Å². The number of nitrogens with one attached hydrogen (secondary N) is 1. The number of rotatable bonds is 7. The number of hydrogen-bond acceptors (Lipinski definition) is 4. The molecule has 1 aliphatic carbocycles. The van der Waals surface area contributed by atoms with Crippen molar-refractivity contribution in [1.29, 1.82) is 0 Å². The Morgan fingerprint density at radius 3 is 2.38 bits per heavy atom. The number of hydrogen-bond donors (Lipinski definition) is 1. The number of amides is 1. The van der Waals surface area contributed by atoms with Gasteiger partial charge in [-0.25, -0.2) is 0 Å². The lowest BCUT2D eigenvalue weighted by Crippen LogP contribution is -2.25. The Morgan fingerprint density at radius 2 is 1.77 bits per heavy atom. The first-order chi connectivity index (χ1) is 12.6. The first kappa shape index (κ1) is 17.7. The molecule has 0 saturated heterocycles. The summed E-state index contributed by atoms with van der Waals surface area (Å²) in [6, 6.07) is 12.6. The molecule has 0 aromatic heterocycles. The Bertz CT molecular complexity index is 836. The molecule has 3 rings (SSSR count). The Balaban J connectivity index is 1.69. The van der Waals surface area contributed by atoms with Crippen LogP contribution in [-0.2, 0) is 0 Å². The second-order valence-corrected chi connectivity index (χ2v) is 6.13. The molecule has 26 heavy (non-hydrogen) atoms. The van der Waals surface area contributed by atoms with Crippen LogP contribution >= 0.6 is 0 Å². The molecule has 2 aromatic rings. The monoisotopic (exact) mass is 351 g/mol. The van der Waals surface area contributed by atoms with E-state index in [0.29, 0.717) is 28.7 Å². The van der Waals surface area contributed by atoms with Gasteiger partial charge >= 0.3 is 0 Å². The lowest BCUT2D eigenvalue weighted by molar-refractivity contribution is 0.0950. The van der Waals surface area contributed by atoms with Crippen molar-refractivity contribution < 1.29 is 19.1 Å². The predicted molar refractivity (Wildman–Crippen MR) is 99.8 cm³/mol. The maximum atomic E-state index is 12.4. The molecule has 0 heterocycles. The van der Waals surface area contributed by atoms with E-state index in [4.69, 9.17) is 9.47 Å². The number of allylic oxidation sites excluding steroid dienone is 1. The highest BCUT2D eigenvalue weighted by Gasteiger charge is 2.23. The van der Waals surface area contributed by atoms with Crippen molar-refractivity contribution in [3.8, 4) is 11.5 Å². The van der Waals surface area contributed by atoms with Crippen molar-refractivity contribution in [2.24, 2.45) is 0 Å². The molecule has 0 atom stereocenters. The minimum absolute atomic E-state index is 0.0536. The van der Waals surface area contributed by atoms with E-state index in [1.807, 2.05) is 12.1 Å². The highest BCUT2D eigenvalue weighted by Crippen LogP contribution is 2.25. The van der Waals surface area contributed by atoms with Gasteiger partial charge in [0.2, 0.25) is 0 Å². The van der Waals surface area contributed by atoms with Gasteiger partial charge in [-0.15, -0.1) is 0 Å². The molecule has 5 heteroatoms. The molecular weight excluding hydrogens is 330 g/mol. The summed E-state index contributed by atoms with van der Waals surface area (Å²) in [5.41, 5.74) is 1.93. The summed E-state index contributed by atoms with van der Waals surface area (Å²) < 4.78 is 10.4. The van der Waals surface area contributed by atoms with E-state index in [1.165, 1.54) is 13.2 Å². The van der Waals surface area contributed by atoms with Crippen molar-refractivity contribution in [1.82, 2.24) is 5.32 Å². The Kier molecular flexibility index (Phi) is 5.37. The largest absolute Gasteiger partial charge is 0.497 e.